The zero-order chi connectivity index (χ0) is 15.4. The van der Waals surface area contributed by atoms with E-state index in [4.69, 9.17) is 0 Å². The maximum Gasteiger partial charge on any atom is 0.223 e. The average Bonchev–Trinajstić information content (AvgIpc) is 3.27. The number of aryl methyl sites for hydroxylation is 1. The number of rotatable bonds is 6. The van der Waals surface area contributed by atoms with E-state index in [9.17, 15) is 9.90 Å². The summed E-state index contributed by atoms with van der Waals surface area (Å²) in [5.74, 6) is 1.04. The molecule has 2 aliphatic carbocycles. The molecule has 0 spiro atoms. The molecule has 22 heavy (non-hydrogen) atoms. The normalized spacial score (nSPS) is 30.8. The SMILES string of the molecule is O=C(NC1CC1CCCc1ccccc1)C1CCC(O)CC1. The Morgan fingerprint density at radius 2 is 1.86 bits per heavy atom. The van der Waals surface area contributed by atoms with Gasteiger partial charge in [-0.25, -0.2) is 0 Å². The molecule has 0 saturated heterocycles. The number of amides is 1. The maximum absolute atomic E-state index is 12.2. The monoisotopic (exact) mass is 301 g/mol. The highest BCUT2D eigenvalue weighted by molar-refractivity contribution is 5.79. The molecule has 0 aliphatic heterocycles. The van der Waals surface area contributed by atoms with E-state index in [1.807, 2.05) is 0 Å². The van der Waals surface area contributed by atoms with E-state index in [-0.39, 0.29) is 17.9 Å². The van der Waals surface area contributed by atoms with Gasteiger partial charge in [0.25, 0.3) is 0 Å². The van der Waals surface area contributed by atoms with Crippen molar-refractivity contribution in [1.29, 1.82) is 0 Å². The van der Waals surface area contributed by atoms with E-state index in [0.29, 0.717) is 12.0 Å². The van der Waals surface area contributed by atoms with Gasteiger partial charge in [-0.2, -0.15) is 0 Å². The summed E-state index contributed by atoms with van der Waals surface area (Å²) in [6.45, 7) is 0. The molecule has 0 bridgehead atoms. The van der Waals surface area contributed by atoms with Crippen LogP contribution in [0, 0.1) is 11.8 Å². The van der Waals surface area contributed by atoms with Crippen LogP contribution in [-0.4, -0.2) is 23.2 Å². The van der Waals surface area contributed by atoms with Crippen molar-refractivity contribution < 1.29 is 9.90 Å². The third kappa shape index (κ3) is 4.33. The Bertz CT molecular complexity index is 479. The molecule has 0 radical (unpaired) electrons. The van der Waals surface area contributed by atoms with E-state index in [2.05, 4.69) is 35.6 Å². The van der Waals surface area contributed by atoms with Gasteiger partial charge < -0.3 is 10.4 Å². The molecule has 2 atom stereocenters. The standard InChI is InChI=1S/C19H27NO2/c21-17-11-9-15(10-12-17)19(22)20-18-13-16(18)8-4-7-14-5-2-1-3-6-14/h1-3,5-6,15-18,21H,4,7-13H2,(H,20,22). The minimum Gasteiger partial charge on any atom is -0.393 e. The highest BCUT2D eigenvalue weighted by atomic mass is 16.3. The van der Waals surface area contributed by atoms with Crippen LogP contribution in [0.5, 0.6) is 0 Å². The van der Waals surface area contributed by atoms with Gasteiger partial charge in [-0.1, -0.05) is 30.3 Å². The topological polar surface area (TPSA) is 49.3 Å². The predicted molar refractivity (Wildman–Crippen MR) is 87.4 cm³/mol. The lowest BCUT2D eigenvalue weighted by Gasteiger charge is -2.24. The van der Waals surface area contributed by atoms with Gasteiger partial charge in [0.15, 0.2) is 0 Å². The summed E-state index contributed by atoms with van der Waals surface area (Å²) in [7, 11) is 0. The minimum absolute atomic E-state index is 0.133. The van der Waals surface area contributed by atoms with Gasteiger partial charge in [0.05, 0.1) is 6.10 Å². The van der Waals surface area contributed by atoms with Crippen LogP contribution in [0.3, 0.4) is 0 Å². The smallest absolute Gasteiger partial charge is 0.223 e. The second-order valence-corrected chi connectivity index (χ2v) is 6.99. The quantitative estimate of drug-likeness (QED) is 0.848. The Morgan fingerprint density at radius 3 is 2.59 bits per heavy atom. The zero-order valence-corrected chi connectivity index (χ0v) is 13.2. The van der Waals surface area contributed by atoms with Crippen LogP contribution in [0.15, 0.2) is 30.3 Å². The zero-order valence-electron chi connectivity index (χ0n) is 13.2. The first-order valence-corrected chi connectivity index (χ1v) is 8.74. The Morgan fingerprint density at radius 1 is 1.14 bits per heavy atom. The van der Waals surface area contributed by atoms with Crippen LogP contribution in [-0.2, 0) is 11.2 Å². The largest absolute Gasteiger partial charge is 0.393 e. The second-order valence-electron chi connectivity index (χ2n) is 6.99. The van der Waals surface area contributed by atoms with E-state index in [0.717, 1.165) is 38.5 Å². The van der Waals surface area contributed by atoms with E-state index in [1.54, 1.807) is 0 Å². The number of benzene rings is 1. The summed E-state index contributed by atoms with van der Waals surface area (Å²) in [4.78, 5) is 12.2. The lowest BCUT2D eigenvalue weighted by atomic mass is 9.87. The Balaban J connectivity index is 1.32. The van der Waals surface area contributed by atoms with Crippen LogP contribution < -0.4 is 5.32 Å². The van der Waals surface area contributed by atoms with Gasteiger partial charge in [-0.3, -0.25) is 4.79 Å². The first-order chi connectivity index (χ1) is 10.7. The minimum atomic E-state index is -0.185. The van der Waals surface area contributed by atoms with Crippen LogP contribution >= 0.6 is 0 Å². The first-order valence-electron chi connectivity index (χ1n) is 8.74. The molecular formula is C19H27NO2. The third-order valence-electron chi connectivity index (χ3n) is 5.20. The third-order valence-corrected chi connectivity index (χ3v) is 5.20. The Labute approximate surface area is 133 Å². The molecule has 2 aliphatic rings. The number of aliphatic hydroxyl groups excluding tert-OH is 1. The molecule has 3 heteroatoms. The van der Waals surface area contributed by atoms with Crippen LogP contribution in [0.4, 0.5) is 0 Å². The molecule has 2 N–H and O–H groups in total. The van der Waals surface area contributed by atoms with Crippen molar-refractivity contribution in [2.45, 2.75) is 63.5 Å². The highest BCUT2D eigenvalue weighted by Crippen LogP contribution is 2.36. The van der Waals surface area contributed by atoms with Crippen molar-refractivity contribution in [2.75, 3.05) is 0 Å². The molecule has 1 amide bonds. The summed E-state index contributed by atoms with van der Waals surface area (Å²) < 4.78 is 0. The summed E-state index contributed by atoms with van der Waals surface area (Å²) in [6.07, 6.45) is 7.77. The van der Waals surface area contributed by atoms with Gasteiger partial charge in [-0.05, 0) is 62.8 Å². The first kappa shape index (κ1) is 15.5. The van der Waals surface area contributed by atoms with Crippen LogP contribution in [0.2, 0.25) is 0 Å². The number of carbonyl (C=O) groups excluding carboxylic acids is 1. The molecule has 3 nitrogen and oxygen atoms in total. The number of nitrogens with one attached hydrogen (secondary N) is 1. The molecule has 1 aromatic rings. The second kappa shape index (κ2) is 7.28. The fourth-order valence-corrected chi connectivity index (χ4v) is 3.60. The number of carbonyl (C=O) groups is 1. The lowest BCUT2D eigenvalue weighted by molar-refractivity contribution is -0.126. The van der Waals surface area contributed by atoms with E-state index in [1.165, 1.54) is 18.4 Å². The van der Waals surface area contributed by atoms with Crippen molar-refractivity contribution >= 4 is 5.91 Å². The lowest BCUT2D eigenvalue weighted by Crippen LogP contribution is -2.36. The van der Waals surface area contributed by atoms with Crippen molar-refractivity contribution in [3.63, 3.8) is 0 Å². The van der Waals surface area contributed by atoms with Crippen molar-refractivity contribution in [3.05, 3.63) is 35.9 Å². The number of hydrogen-bond donors (Lipinski definition) is 2. The summed E-state index contributed by atoms with van der Waals surface area (Å²) in [6, 6.07) is 11.0. The van der Waals surface area contributed by atoms with Gasteiger partial charge >= 0.3 is 0 Å². The molecule has 0 heterocycles. The van der Waals surface area contributed by atoms with E-state index >= 15 is 0 Å². The average molecular weight is 301 g/mol. The number of aliphatic hydroxyl groups is 1. The summed E-state index contributed by atoms with van der Waals surface area (Å²) >= 11 is 0. The molecule has 1 aromatic carbocycles. The molecule has 2 unspecified atom stereocenters. The molecule has 2 fully saturated rings. The molecule has 3 rings (SSSR count). The van der Waals surface area contributed by atoms with Gasteiger partial charge in [0.1, 0.15) is 0 Å². The van der Waals surface area contributed by atoms with Crippen molar-refractivity contribution in [3.8, 4) is 0 Å². The van der Waals surface area contributed by atoms with E-state index < -0.39 is 0 Å². The van der Waals surface area contributed by atoms with Crippen molar-refractivity contribution in [2.24, 2.45) is 11.8 Å². The number of hydrogen-bond acceptors (Lipinski definition) is 2. The van der Waals surface area contributed by atoms with Gasteiger partial charge in [0.2, 0.25) is 5.91 Å². The Kier molecular flexibility index (Phi) is 5.14. The fourth-order valence-electron chi connectivity index (χ4n) is 3.60. The van der Waals surface area contributed by atoms with Crippen LogP contribution in [0.25, 0.3) is 0 Å². The van der Waals surface area contributed by atoms with Gasteiger partial charge in [0, 0.05) is 12.0 Å². The predicted octanol–water partition coefficient (Wildman–Crippen LogP) is 3.07. The molecule has 120 valence electrons. The summed E-state index contributed by atoms with van der Waals surface area (Å²) in [5, 5.41) is 12.7. The molecule has 0 aromatic heterocycles. The summed E-state index contributed by atoms with van der Waals surface area (Å²) in [5.41, 5.74) is 1.41. The van der Waals surface area contributed by atoms with Crippen LogP contribution in [0.1, 0.15) is 50.5 Å². The maximum atomic E-state index is 12.2. The Hall–Kier alpha value is -1.35. The van der Waals surface area contributed by atoms with Crippen molar-refractivity contribution in [1.82, 2.24) is 5.32 Å². The molecular weight excluding hydrogens is 274 g/mol. The highest BCUT2D eigenvalue weighted by Gasteiger charge is 2.38. The fraction of sp³-hybridized carbons (Fsp3) is 0.632. The molecule has 2 saturated carbocycles. The van der Waals surface area contributed by atoms with Gasteiger partial charge in [-0.15, -0.1) is 0 Å².